The van der Waals surface area contributed by atoms with Crippen LogP contribution in [0.15, 0.2) is 6.07 Å². The zero-order valence-electron chi connectivity index (χ0n) is 9.76. The highest BCUT2D eigenvalue weighted by molar-refractivity contribution is 7.15. The van der Waals surface area contributed by atoms with Gasteiger partial charge < -0.3 is 5.32 Å². The van der Waals surface area contributed by atoms with E-state index in [4.69, 9.17) is 0 Å². The summed E-state index contributed by atoms with van der Waals surface area (Å²) in [5.74, 6) is -0.112. The summed E-state index contributed by atoms with van der Waals surface area (Å²) in [4.78, 5) is 14.2. The normalized spacial score (nSPS) is 13.1. The molecule has 1 amide bonds. The molecule has 5 heteroatoms. The van der Waals surface area contributed by atoms with Gasteiger partial charge in [-0.05, 0) is 31.4 Å². The molecule has 3 rings (SSSR count). The van der Waals surface area contributed by atoms with E-state index in [2.05, 4.69) is 28.5 Å². The Balaban J connectivity index is 2.15. The number of carbonyl (C=O) groups excluding carboxylic acids is 1. The average molecular weight is 247 g/mol. The largest absolute Gasteiger partial charge is 0.354 e. The van der Waals surface area contributed by atoms with Crippen molar-refractivity contribution in [3.63, 3.8) is 0 Å². The quantitative estimate of drug-likeness (QED) is 0.808. The van der Waals surface area contributed by atoms with E-state index in [0.717, 1.165) is 24.1 Å². The summed E-state index contributed by atoms with van der Waals surface area (Å²) >= 11 is 1.76. The summed E-state index contributed by atoms with van der Waals surface area (Å²) in [5.41, 5.74) is 3.99. The second kappa shape index (κ2) is 3.70. The van der Waals surface area contributed by atoms with Crippen molar-refractivity contribution in [1.82, 2.24) is 15.5 Å². The monoisotopic (exact) mass is 247 g/mol. The molecule has 0 radical (unpaired) electrons. The Morgan fingerprint density at radius 3 is 3.12 bits per heavy atom. The number of hydrogen-bond acceptors (Lipinski definition) is 3. The number of amides is 1. The number of nitrogens with one attached hydrogen (secondary N) is 2. The molecule has 1 aliphatic carbocycles. The maximum absolute atomic E-state index is 11.7. The van der Waals surface area contributed by atoms with Gasteiger partial charge in [-0.1, -0.05) is 0 Å². The summed E-state index contributed by atoms with van der Waals surface area (Å²) in [6.07, 6.45) is 1.88. The van der Waals surface area contributed by atoms with E-state index in [1.807, 2.05) is 0 Å². The molecule has 0 aromatic carbocycles. The number of fused-ring (bicyclic) bond motifs is 3. The summed E-state index contributed by atoms with van der Waals surface area (Å²) in [7, 11) is 1.63. The van der Waals surface area contributed by atoms with Crippen molar-refractivity contribution in [2.75, 3.05) is 7.05 Å². The third-order valence-electron chi connectivity index (χ3n) is 3.11. The van der Waals surface area contributed by atoms with Crippen LogP contribution in [0, 0.1) is 6.92 Å². The molecule has 0 saturated heterocycles. The number of nitrogens with zero attached hydrogens (tertiary/aromatic N) is 1. The Hall–Kier alpha value is -1.62. The van der Waals surface area contributed by atoms with E-state index < -0.39 is 0 Å². The predicted octanol–water partition coefficient (Wildman–Crippen LogP) is 1.90. The molecular formula is C12H13N3OS. The van der Waals surface area contributed by atoms with E-state index in [1.165, 1.54) is 15.3 Å². The molecule has 0 spiro atoms. The topological polar surface area (TPSA) is 57.8 Å². The van der Waals surface area contributed by atoms with Gasteiger partial charge in [0.1, 0.15) is 0 Å². The fourth-order valence-corrected chi connectivity index (χ4v) is 3.41. The molecule has 0 atom stereocenters. The second-order valence-electron chi connectivity index (χ2n) is 4.22. The minimum Gasteiger partial charge on any atom is -0.354 e. The van der Waals surface area contributed by atoms with Crippen molar-refractivity contribution in [2.24, 2.45) is 0 Å². The summed E-state index contributed by atoms with van der Waals surface area (Å²) in [5, 5.41) is 9.79. The van der Waals surface area contributed by atoms with Crippen LogP contribution in [0.3, 0.4) is 0 Å². The van der Waals surface area contributed by atoms with Gasteiger partial charge in [0.25, 0.3) is 5.91 Å². The van der Waals surface area contributed by atoms with Gasteiger partial charge in [0.05, 0.1) is 10.6 Å². The van der Waals surface area contributed by atoms with Crippen LogP contribution in [0.1, 0.15) is 26.5 Å². The smallest absolute Gasteiger partial charge is 0.271 e. The maximum Gasteiger partial charge on any atom is 0.271 e. The van der Waals surface area contributed by atoms with E-state index >= 15 is 0 Å². The van der Waals surface area contributed by atoms with Crippen LogP contribution < -0.4 is 5.32 Å². The van der Waals surface area contributed by atoms with Crippen molar-refractivity contribution in [1.29, 1.82) is 0 Å². The van der Waals surface area contributed by atoms with Crippen molar-refractivity contribution in [3.05, 3.63) is 27.8 Å². The Kier molecular flexibility index (Phi) is 2.29. The molecule has 0 fully saturated rings. The first-order valence-corrected chi connectivity index (χ1v) is 6.41. The molecular weight excluding hydrogens is 234 g/mol. The highest BCUT2D eigenvalue weighted by atomic mass is 32.1. The molecule has 17 heavy (non-hydrogen) atoms. The fourth-order valence-electron chi connectivity index (χ4n) is 2.33. The lowest BCUT2D eigenvalue weighted by atomic mass is 9.95. The zero-order valence-corrected chi connectivity index (χ0v) is 10.6. The SMILES string of the molecule is CNC(=O)c1n[nH]c2c1CCc1cc(C)sc1-2. The van der Waals surface area contributed by atoms with Gasteiger partial charge in [-0.3, -0.25) is 9.89 Å². The summed E-state index contributed by atoms with van der Waals surface area (Å²) in [6, 6.07) is 2.23. The first-order chi connectivity index (χ1) is 8.20. The molecule has 2 heterocycles. The highest BCUT2D eigenvalue weighted by Crippen LogP contribution is 2.39. The minimum atomic E-state index is -0.112. The van der Waals surface area contributed by atoms with Crippen LogP contribution >= 0.6 is 11.3 Å². The van der Waals surface area contributed by atoms with Gasteiger partial charge in [0, 0.05) is 17.5 Å². The number of carbonyl (C=O) groups is 1. The van der Waals surface area contributed by atoms with Crippen molar-refractivity contribution < 1.29 is 4.79 Å². The van der Waals surface area contributed by atoms with Gasteiger partial charge in [-0.15, -0.1) is 11.3 Å². The average Bonchev–Trinajstić information content (AvgIpc) is 2.89. The highest BCUT2D eigenvalue weighted by Gasteiger charge is 2.26. The molecule has 2 N–H and O–H groups in total. The Morgan fingerprint density at radius 2 is 2.35 bits per heavy atom. The minimum absolute atomic E-state index is 0.112. The Labute approximate surface area is 103 Å². The Morgan fingerprint density at radius 1 is 1.53 bits per heavy atom. The molecule has 0 aliphatic heterocycles. The van der Waals surface area contributed by atoms with Crippen molar-refractivity contribution in [3.8, 4) is 10.6 Å². The van der Waals surface area contributed by atoms with Crippen LogP contribution in [0.2, 0.25) is 0 Å². The Bertz CT molecular complexity index is 597. The van der Waals surface area contributed by atoms with Crippen molar-refractivity contribution in [2.45, 2.75) is 19.8 Å². The van der Waals surface area contributed by atoms with Crippen LogP contribution in [0.25, 0.3) is 10.6 Å². The lowest BCUT2D eigenvalue weighted by Gasteiger charge is -2.11. The van der Waals surface area contributed by atoms with Gasteiger partial charge in [-0.25, -0.2) is 0 Å². The van der Waals surface area contributed by atoms with Gasteiger partial charge in [0.15, 0.2) is 5.69 Å². The van der Waals surface area contributed by atoms with Gasteiger partial charge in [-0.2, -0.15) is 5.10 Å². The van der Waals surface area contributed by atoms with E-state index in [0.29, 0.717) is 5.69 Å². The first kappa shape index (κ1) is 10.5. The maximum atomic E-state index is 11.7. The number of aromatic amines is 1. The van der Waals surface area contributed by atoms with Crippen LogP contribution in [0.4, 0.5) is 0 Å². The number of thiophene rings is 1. The van der Waals surface area contributed by atoms with E-state index in [9.17, 15) is 4.79 Å². The van der Waals surface area contributed by atoms with Crippen LogP contribution in [0.5, 0.6) is 0 Å². The molecule has 2 aromatic rings. The second-order valence-corrected chi connectivity index (χ2v) is 5.47. The molecule has 0 bridgehead atoms. The third kappa shape index (κ3) is 1.50. The third-order valence-corrected chi connectivity index (χ3v) is 4.22. The number of hydrogen-bond donors (Lipinski definition) is 2. The van der Waals surface area contributed by atoms with Gasteiger partial charge >= 0.3 is 0 Å². The van der Waals surface area contributed by atoms with Gasteiger partial charge in [0.2, 0.25) is 0 Å². The standard InChI is InChI=1S/C12H13N3OS/c1-6-5-7-3-4-8-9(11(7)17-6)14-15-10(8)12(16)13-2/h5H,3-4H2,1-2H3,(H,13,16)(H,14,15). The first-order valence-electron chi connectivity index (χ1n) is 5.59. The van der Waals surface area contributed by atoms with Crippen LogP contribution in [-0.4, -0.2) is 23.2 Å². The number of rotatable bonds is 1. The number of H-pyrrole nitrogens is 1. The molecule has 1 aliphatic rings. The number of aryl methyl sites for hydroxylation is 2. The molecule has 2 aromatic heterocycles. The fraction of sp³-hybridized carbons (Fsp3) is 0.333. The molecule has 0 saturated carbocycles. The van der Waals surface area contributed by atoms with Crippen LogP contribution in [-0.2, 0) is 12.8 Å². The zero-order chi connectivity index (χ0) is 12.0. The molecule has 0 unspecified atom stereocenters. The van der Waals surface area contributed by atoms with E-state index in [1.54, 1.807) is 18.4 Å². The predicted molar refractivity (Wildman–Crippen MR) is 67.4 cm³/mol. The number of aromatic nitrogens is 2. The summed E-state index contributed by atoms with van der Waals surface area (Å²) < 4.78 is 0. The van der Waals surface area contributed by atoms with E-state index in [-0.39, 0.29) is 5.91 Å². The van der Waals surface area contributed by atoms with Crippen molar-refractivity contribution >= 4 is 17.2 Å². The lowest BCUT2D eigenvalue weighted by Crippen LogP contribution is -2.20. The lowest BCUT2D eigenvalue weighted by molar-refractivity contribution is 0.0957. The summed E-state index contributed by atoms with van der Waals surface area (Å²) in [6.45, 7) is 2.11. The molecule has 4 nitrogen and oxygen atoms in total. The molecule has 88 valence electrons.